The molecular weight excluding hydrogens is 132 g/mol. The van der Waals surface area contributed by atoms with Gasteiger partial charge in [-0.25, -0.2) is 4.98 Å². The molecule has 0 aliphatic rings. The number of thioether (sulfide) groups is 1. The molecule has 1 aromatic heterocycles. The van der Waals surface area contributed by atoms with Crippen LogP contribution in [0.25, 0.3) is 0 Å². The first-order chi connectivity index (χ1) is 4.34. The van der Waals surface area contributed by atoms with Gasteiger partial charge in [0.1, 0.15) is 5.03 Å². The number of pyridine rings is 1. The molecule has 2 nitrogen and oxygen atoms in total. The molecule has 1 aromatic rings. The van der Waals surface area contributed by atoms with Crippen molar-refractivity contribution in [2.24, 2.45) is 0 Å². The van der Waals surface area contributed by atoms with Gasteiger partial charge in [0.05, 0.1) is 5.69 Å². The number of nitrogen functional groups attached to an aromatic ring is 1. The van der Waals surface area contributed by atoms with E-state index in [2.05, 4.69) is 4.98 Å². The zero-order valence-electron chi connectivity index (χ0n) is 5.16. The smallest absolute Gasteiger partial charge is 0.119 e. The van der Waals surface area contributed by atoms with Gasteiger partial charge >= 0.3 is 0 Å². The number of aromatic nitrogens is 1. The van der Waals surface area contributed by atoms with Crippen LogP contribution in [0, 0.1) is 0 Å². The highest BCUT2D eigenvalue weighted by molar-refractivity contribution is 7.98. The summed E-state index contributed by atoms with van der Waals surface area (Å²) in [6.07, 6.45) is 3.70. The maximum atomic E-state index is 5.55. The second kappa shape index (κ2) is 2.73. The quantitative estimate of drug-likeness (QED) is 0.599. The molecule has 1 heterocycles. The number of nitrogens with two attached hydrogens (primary N) is 1. The zero-order valence-corrected chi connectivity index (χ0v) is 5.98. The summed E-state index contributed by atoms with van der Waals surface area (Å²) in [5.74, 6) is 0. The molecule has 0 aliphatic heterocycles. The fraction of sp³-hybridized carbons (Fsp3) is 0.167. The van der Waals surface area contributed by atoms with E-state index in [1.165, 1.54) is 0 Å². The van der Waals surface area contributed by atoms with E-state index >= 15 is 0 Å². The van der Waals surface area contributed by atoms with Crippen LogP contribution in [0.2, 0.25) is 0 Å². The van der Waals surface area contributed by atoms with Crippen molar-refractivity contribution in [2.75, 3.05) is 12.0 Å². The van der Waals surface area contributed by atoms with E-state index in [0.29, 0.717) is 0 Å². The van der Waals surface area contributed by atoms with Crippen molar-refractivity contribution >= 4 is 17.4 Å². The van der Waals surface area contributed by atoms with Crippen LogP contribution in [0.3, 0.4) is 0 Å². The van der Waals surface area contributed by atoms with Crippen molar-refractivity contribution < 1.29 is 0 Å². The fourth-order valence-electron chi connectivity index (χ4n) is 0.574. The summed E-state index contributed by atoms with van der Waals surface area (Å²) < 4.78 is 0. The van der Waals surface area contributed by atoms with Gasteiger partial charge in [0, 0.05) is 6.20 Å². The summed E-state index contributed by atoms with van der Waals surface area (Å²) in [5, 5.41) is 0.900. The molecule has 0 spiro atoms. The first-order valence-corrected chi connectivity index (χ1v) is 3.81. The number of hydrogen-bond donors (Lipinski definition) is 1. The number of nitrogens with zero attached hydrogens (tertiary/aromatic N) is 1. The van der Waals surface area contributed by atoms with Crippen molar-refractivity contribution in [3.05, 3.63) is 18.3 Å². The highest BCUT2D eigenvalue weighted by Crippen LogP contribution is 2.17. The molecule has 0 radical (unpaired) electrons. The average Bonchev–Trinajstić information content (AvgIpc) is 1.89. The van der Waals surface area contributed by atoms with Crippen LogP contribution in [0.1, 0.15) is 0 Å². The Morgan fingerprint density at radius 3 is 2.89 bits per heavy atom. The topological polar surface area (TPSA) is 38.9 Å². The van der Waals surface area contributed by atoms with E-state index in [1.807, 2.05) is 18.4 Å². The molecule has 1 rings (SSSR count). The minimum Gasteiger partial charge on any atom is -0.397 e. The van der Waals surface area contributed by atoms with Gasteiger partial charge in [0.2, 0.25) is 0 Å². The third-order valence-electron chi connectivity index (χ3n) is 0.994. The molecule has 0 unspecified atom stereocenters. The lowest BCUT2D eigenvalue weighted by Crippen LogP contribution is -1.88. The number of anilines is 1. The lowest BCUT2D eigenvalue weighted by molar-refractivity contribution is 1.15. The third kappa shape index (κ3) is 1.36. The molecule has 3 heteroatoms. The Labute approximate surface area is 58.5 Å². The monoisotopic (exact) mass is 140 g/mol. The highest BCUT2D eigenvalue weighted by Gasteiger charge is 1.93. The lowest BCUT2D eigenvalue weighted by Gasteiger charge is -1.96. The standard InChI is InChI=1S/C6H8N2S/c1-9-6-5(7)3-2-4-8-6/h2-4H,7H2,1H3. The van der Waals surface area contributed by atoms with Gasteiger partial charge in [-0.3, -0.25) is 0 Å². The molecule has 0 saturated heterocycles. The molecule has 0 aliphatic carbocycles. The predicted octanol–water partition coefficient (Wildman–Crippen LogP) is 1.39. The van der Waals surface area contributed by atoms with Gasteiger partial charge in [-0.15, -0.1) is 11.8 Å². The van der Waals surface area contributed by atoms with E-state index in [9.17, 15) is 0 Å². The van der Waals surface area contributed by atoms with Crippen LogP contribution in [0.5, 0.6) is 0 Å². The normalized spacial score (nSPS) is 9.44. The predicted molar refractivity (Wildman–Crippen MR) is 40.4 cm³/mol. The molecule has 2 N–H and O–H groups in total. The summed E-state index contributed by atoms with van der Waals surface area (Å²) in [6.45, 7) is 0. The zero-order chi connectivity index (χ0) is 6.69. The maximum absolute atomic E-state index is 5.55. The van der Waals surface area contributed by atoms with Gasteiger partial charge in [-0.1, -0.05) is 0 Å². The van der Waals surface area contributed by atoms with Crippen molar-refractivity contribution in [1.29, 1.82) is 0 Å². The number of hydrogen-bond acceptors (Lipinski definition) is 3. The van der Waals surface area contributed by atoms with Crippen LogP contribution >= 0.6 is 11.8 Å². The minimum absolute atomic E-state index is 0.755. The second-order valence-electron chi connectivity index (χ2n) is 1.60. The van der Waals surface area contributed by atoms with Crippen molar-refractivity contribution in [2.45, 2.75) is 5.03 Å². The van der Waals surface area contributed by atoms with E-state index < -0.39 is 0 Å². The van der Waals surface area contributed by atoms with Crippen molar-refractivity contribution in [3.8, 4) is 0 Å². The Kier molecular flexibility index (Phi) is 1.95. The molecule has 0 atom stereocenters. The second-order valence-corrected chi connectivity index (χ2v) is 2.40. The molecule has 0 fully saturated rings. The average molecular weight is 140 g/mol. The molecular formula is C6H8N2S. The Hall–Kier alpha value is -0.700. The summed E-state index contributed by atoms with van der Waals surface area (Å²) in [4.78, 5) is 4.03. The SMILES string of the molecule is CSc1ncccc1N. The van der Waals surface area contributed by atoms with E-state index in [-0.39, 0.29) is 0 Å². The van der Waals surface area contributed by atoms with Gasteiger partial charge in [-0.05, 0) is 18.4 Å². The Balaban J connectivity index is 3.01. The lowest BCUT2D eigenvalue weighted by atomic mass is 10.4. The minimum atomic E-state index is 0.755. The molecule has 0 aromatic carbocycles. The maximum Gasteiger partial charge on any atom is 0.119 e. The Morgan fingerprint density at radius 2 is 2.44 bits per heavy atom. The summed E-state index contributed by atoms with van der Waals surface area (Å²) >= 11 is 1.56. The van der Waals surface area contributed by atoms with Gasteiger partial charge in [0.25, 0.3) is 0 Å². The molecule has 48 valence electrons. The Morgan fingerprint density at radius 1 is 1.67 bits per heavy atom. The van der Waals surface area contributed by atoms with Crippen LogP contribution in [-0.2, 0) is 0 Å². The summed E-state index contributed by atoms with van der Waals surface area (Å²) in [6, 6.07) is 3.67. The van der Waals surface area contributed by atoms with Gasteiger partial charge in [0.15, 0.2) is 0 Å². The summed E-state index contributed by atoms with van der Waals surface area (Å²) in [5.41, 5.74) is 6.30. The van der Waals surface area contributed by atoms with E-state index in [0.717, 1.165) is 10.7 Å². The first kappa shape index (κ1) is 6.42. The molecule has 0 bridgehead atoms. The van der Waals surface area contributed by atoms with Gasteiger partial charge < -0.3 is 5.73 Å². The van der Waals surface area contributed by atoms with Crippen LogP contribution in [0.4, 0.5) is 5.69 Å². The van der Waals surface area contributed by atoms with E-state index in [1.54, 1.807) is 18.0 Å². The largest absolute Gasteiger partial charge is 0.397 e. The molecule has 0 amide bonds. The molecule has 0 saturated carbocycles. The highest BCUT2D eigenvalue weighted by atomic mass is 32.2. The first-order valence-electron chi connectivity index (χ1n) is 2.59. The van der Waals surface area contributed by atoms with Crippen molar-refractivity contribution in [1.82, 2.24) is 4.98 Å². The van der Waals surface area contributed by atoms with Gasteiger partial charge in [-0.2, -0.15) is 0 Å². The van der Waals surface area contributed by atoms with Crippen LogP contribution in [-0.4, -0.2) is 11.2 Å². The molecule has 9 heavy (non-hydrogen) atoms. The van der Waals surface area contributed by atoms with Crippen LogP contribution < -0.4 is 5.73 Å². The summed E-state index contributed by atoms with van der Waals surface area (Å²) in [7, 11) is 0. The Bertz CT molecular complexity index is 200. The number of rotatable bonds is 1. The van der Waals surface area contributed by atoms with E-state index in [4.69, 9.17) is 5.73 Å². The fourth-order valence-corrected chi connectivity index (χ4v) is 1.04. The van der Waals surface area contributed by atoms with Crippen LogP contribution in [0.15, 0.2) is 23.4 Å². The third-order valence-corrected chi connectivity index (χ3v) is 1.72. The van der Waals surface area contributed by atoms with Crippen molar-refractivity contribution in [3.63, 3.8) is 0 Å².